The highest BCUT2D eigenvalue weighted by Gasteiger charge is 2.09. The minimum absolute atomic E-state index is 0.282. The number of nitrogens with two attached hydrogens (primary N) is 1. The van der Waals surface area contributed by atoms with Crippen LogP contribution in [0.1, 0.15) is 25.3 Å². The van der Waals surface area contributed by atoms with Gasteiger partial charge in [0.1, 0.15) is 5.75 Å². The molecular weight excluding hydrogens is 218 g/mol. The summed E-state index contributed by atoms with van der Waals surface area (Å²) < 4.78 is 0.659. The van der Waals surface area contributed by atoms with Crippen LogP contribution in [0.3, 0.4) is 0 Å². The zero-order valence-electron chi connectivity index (χ0n) is 7.13. The van der Waals surface area contributed by atoms with E-state index in [9.17, 15) is 5.11 Å². The smallest absolute Gasteiger partial charge is 0.133 e. The molecule has 0 radical (unpaired) electrons. The van der Waals surface area contributed by atoms with Gasteiger partial charge in [-0.15, -0.1) is 0 Å². The van der Waals surface area contributed by atoms with Gasteiger partial charge >= 0.3 is 0 Å². The minimum Gasteiger partial charge on any atom is -0.506 e. The van der Waals surface area contributed by atoms with Crippen molar-refractivity contribution >= 4 is 21.6 Å². The third kappa shape index (κ3) is 1.72. The van der Waals surface area contributed by atoms with Crippen LogP contribution in [0.2, 0.25) is 0 Å². The monoisotopic (exact) mass is 229 g/mol. The summed E-state index contributed by atoms with van der Waals surface area (Å²) in [5.74, 6) is 0.573. The van der Waals surface area contributed by atoms with Gasteiger partial charge in [-0.25, -0.2) is 0 Å². The van der Waals surface area contributed by atoms with Gasteiger partial charge in [-0.1, -0.05) is 13.8 Å². The normalized spacial score (nSPS) is 10.7. The maximum absolute atomic E-state index is 9.59. The Hall–Kier alpha value is -0.700. The van der Waals surface area contributed by atoms with Crippen LogP contribution >= 0.6 is 15.9 Å². The fraction of sp³-hybridized carbons (Fsp3) is 0.333. The zero-order valence-corrected chi connectivity index (χ0v) is 8.72. The van der Waals surface area contributed by atoms with Gasteiger partial charge in [0.15, 0.2) is 0 Å². The molecule has 2 nitrogen and oxygen atoms in total. The Balaban J connectivity index is 3.28. The van der Waals surface area contributed by atoms with Crippen LogP contribution in [0, 0.1) is 0 Å². The number of phenolic OH excluding ortho intramolecular Hbond substituents is 1. The first-order valence-corrected chi connectivity index (χ1v) is 4.59. The van der Waals surface area contributed by atoms with Gasteiger partial charge in [-0.05, 0) is 39.5 Å². The maximum Gasteiger partial charge on any atom is 0.133 e. The lowest BCUT2D eigenvalue weighted by Crippen LogP contribution is -1.92. The molecule has 0 amide bonds. The molecule has 0 aliphatic carbocycles. The lowest BCUT2D eigenvalue weighted by atomic mass is 10.0. The van der Waals surface area contributed by atoms with Crippen molar-refractivity contribution in [2.24, 2.45) is 0 Å². The number of anilines is 1. The second-order valence-electron chi connectivity index (χ2n) is 3.10. The SMILES string of the molecule is CC(C)c1cc(N)cc(Br)c1O. The molecule has 0 aromatic heterocycles. The molecule has 66 valence electrons. The standard InChI is InChI=1S/C9H12BrNO/c1-5(2)7-3-6(11)4-8(10)9(7)12/h3-5,12H,11H2,1-2H3. The molecule has 0 heterocycles. The Kier molecular flexibility index (Phi) is 2.62. The molecule has 0 aliphatic rings. The van der Waals surface area contributed by atoms with Crippen molar-refractivity contribution in [3.8, 4) is 5.75 Å². The summed E-state index contributed by atoms with van der Waals surface area (Å²) in [7, 11) is 0. The Morgan fingerprint density at radius 1 is 1.42 bits per heavy atom. The third-order valence-electron chi connectivity index (χ3n) is 1.74. The summed E-state index contributed by atoms with van der Waals surface area (Å²) in [6, 6.07) is 3.49. The van der Waals surface area contributed by atoms with Crippen molar-refractivity contribution in [2.45, 2.75) is 19.8 Å². The summed E-state index contributed by atoms with van der Waals surface area (Å²) in [6.45, 7) is 4.03. The predicted molar refractivity (Wildman–Crippen MR) is 54.3 cm³/mol. The maximum atomic E-state index is 9.59. The summed E-state index contributed by atoms with van der Waals surface area (Å²) in [4.78, 5) is 0. The van der Waals surface area contributed by atoms with Crippen LogP contribution < -0.4 is 5.73 Å². The second kappa shape index (κ2) is 3.35. The molecule has 0 atom stereocenters. The highest BCUT2D eigenvalue weighted by Crippen LogP contribution is 2.34. The summed E-state index contributed by atoms with van der Waals surface area (Å²) >= 11 is 3.24. The van der Waals surface area contributed by atoms with E-state index in [-0.39, 0.29) is 5.92 Å². The van der Waals surface area contributed by atoms with Crippen molar-refractivity contribution in [2.75, 3.05) is 5.73 Å². The summed E-state index contributed by atoms with van der Waals surface area (Å²) in [6.07, 6.45) is 0. The van der Waals surface area contributed by atoms with Gasteiger partial charge in [0.2, 0.25) is 0 Å². The van der Waals surface area contributed by atoms with Crippen molar-refractivity contribution in [3.05, 3.63) is 22.2 Å². The van der Waals surface area contributed by atoms with Gasteiger partial charge in [0.05, 0.1) is 4.47 Å². The van der Waals surface area contributed by atoms with E-state index in [1.165, 1.54) is 0 Å². The predicted octanol–water partition coefficient (Wildman–Crippen LogP) is 2.86. The molecule has 0 unspecified atom stereocenters. The van der Waals surface area contributed by atoms with E-state index in [4.69, 9.17) is 5.73 Å². The fourth-order valence-electron chi connectivity index (χ4n) is 1.08. The molecule has 0 bridgehead atoms. The summed E-state index contributed by atoms with van der Waals surface area (Å²) in [5, 5.41) is 9.59. The number of rotatable bonds is 1. The average molecular weight is 230 g/mol. The van der Waals surface area contributed by atoms with E-state index in [0.717, 1.165) is 5.56 Å². The number of nitrogen functional groups attached to an aromatic ring is 1. The number of hydrogen-bond donors (Lipinski definition) is 2. The Morgan fingerprint density at radius 3 is 2.50 bits per heavy atom. The Labute approximate surface area is 80.5 Å². The number of aromatic hydroxyl groups is 1. The van der Waals surface area contributed by atoms with Crippen molar-refractivity contribution in [1.29, 1.82) is 0 Å². The van der Waals surface area contributed by atoms with E-state index in [2.05, 4.69) is 15.9 Å². The van der Waals surface area contributed by atoms with E-state index < -0.39 is 0 Å². The van der Waals surface area contributed by atoms with Crippen molar-refractivity contribution in [3.63, 3.8) is 0 Å². The molecule has 3 N–H and O–H groups in total. The van der Waals surface area contributed by atoms with Gasteiger partial charge < -0.3 is 10.8 Å². The van der Waals surface area contributed by atoms with Gasteiger partial charge in [-0.3, -0.25) is 0 Å². The fourth-order valence-corrected chi connectivity index (χ4v) is 1.58. The second-order valence-corrected chi connectivity index (χ2v) is 3.95. The van der Waals surface area contributed by atoms with Gasteiger partial charge in [-0.2, -0.15) is 0 Å². The quantitative estimate of drug-likeness (QED) is 0.575. The number of phenols is 1. The lowest BCUT2D eigenvalue weighted by Gasteiger charge is -2.10. The molecular formula is C9H12BrNO. The Morgan fingerprint density at radius 2 is 2.00 bits per heavy atom. The van der Waals surface area contributed by atoms with Crippen LogP contribution in [-0.4, -0.2) is 5.11 Å². The van der Waals surface area contributed by atoms with Gasteiger partial charge in [0, 0.05) is 5.69 Å². The minimum atomic E-state index is 0.282. The van der Waals surface area contributed by atoms with Crippen molar-refractivity contribution in [1.82, 2.24) is 0 Å². The molecule has 0 fully saturated rings. The largest absolute Gasteiger partial charge is 0.506 e. The number of hydrogen-bond acceptors (Lipinski definition) is 2. The van der Waals surface area contributed by atoms with Crippen molar-refractivity contribution < 1.29 is 5.11 Å². The van der Waals surface area contributed by atoms with E-state index >= 15 is 0 Å². The van der Waals surface area contributed by atoms with Crippen LogP contribution in [-0.2, 0) is 0 Å². The number of benzene rings is 1. The van der Waals surface area contributed by atoms with Crippen LogP contribution in [0.5, 0.6) is 5.75 Å². The average Bonchev–Trinajstić information content (AvgIpc) is 1.96. The molecule has 0 aliphatic heterocycles. The first-order valence-electron chi connectivity index (χ1n) is 3.80. The highest BCUT2D eigenvalue weighted by molar-refractivity contribution is 9.10. The molecule has 1 aromatic rings. The molecule has 3 heteroatoms. The zero-order chi connectivity index (χ0) is 9.30. The molecule has 0 saturated heterocycles. The van der Waals surface area contributed by atoms with E-state index in [0.29, 0.717) is 15.9 Å². The van der Waals surface area contributed by atoms with E-state index in [1.54, 1.807) is 12.1 Å². The molecule has 12 heavy (non-hydrogen) atoms. The van der Waals surface area contributed by atoms with Crippen LogP contribution in [0.25, 0.3) is 0 Å². The Bertz CT molecular complexity index is 297. The molecule has 1 aromatic carbocycles. The topological polar surface area (TPSA) is 46.2 Å². The van der Waals surface area contributed by atoms with Crippen LogP contribution in [0.4, 0.5) is 5.69 Å². The molecule has 0 spiro atoms. The summed E-state index contributed by atoms with van der Waals surface area (Å²) in [5.41, 5.74) is 7.17. The van der Waals surface area contributed by atoms with Gasteiger partial charge in [0.25, 0.3) is 0 Å². The lowest BCUT2D eigenvalue weighted by molar-refractivity contribution is 0.461. The third-order valence-corrected chi connectivity index (χ3v) is 2.34. The van der Waals surface area contributed by atoms with Crippen LogP contribution in [0.15, 0.2) is 16.6 Å². The first kappa shape index (κ1) is 9.39. The molecule has 0 saturated carbocycles. The van der Waals surface area contributed by atoms with E-state index in [1.807, 2.05) is 13.8 Å². The highest BCUT2D eigenvalue weighted by atomic mass is 79.9. The first-order chi connectivity index (χ1) is 5.52. The molecule has 1 rings (SSSR count). The number of halogens is 1.